The summed E-state index contributed by atoms with van der Waals surface area (Å²) in [7, 11) is 0. The van der Waals surface area contributed by atoms with E-state index in [4.69, 9.17) is 9.47 Å². The zero-order valence-corrected chi connectivity index (χ0v) is 17.4. The number of esters is 1. The van der Waals surface area contributed by atoms with Gasteiger partial charge in [-0.25, -0.2) is 4.79 Å². The van der Waals surface area contributed by atoms with E-state index >= 15 is 0 Å². The first-order valence-corrected chi connectivity index (χ1v) is 10.1. The third-order valence-corrected chi connectivity index (χ3v) is 5.10. The van der Waals surface area contributed by atoms with Crippen LogP contribution in [0.5, 0.6) is 0 Å². The van der Waals surface area contributed by atoms with Crippen molar-refractivity contribution in [3.05, 3.63) is 70.6 Å². The second kappa shape index (κ2) is 8.69. The van der Waals surface area contributed by atoms with Gasteiger partial charge in [0.25, 0.3) is 11.5 Å². The molecule has 8 nitrogen and oxygen atoms in total. The summed E-state index contributed by atoms with van der Waals surface area (Å²) < 4.78 is 12.1. The molecule has 0 N–H and O–H groups in total. The Hall–Kier alpha value is -3.52. The summed E-state index contributed by atoms with van der Waals surface area (Å²) in [4.78, 5) is 40.0. The maximum atomic E-state index is 12.9. The highest BCUT2D eigenvalue weighted by atomic mass is 16.5. The molecule has 2 heterocycles. The first kappa shape index (κ1) is 20.7. The van der Waals surface area contributed by atoms with Gasteiger partial charge in [0.2, 0.25) is 0 Å². The van der Waals surface area contributed by atoms with E-state index in [9.17, 15) is 14.4 Å². The smallest absolute Gasteiger partial charge is 0.359 e. The van der Waals surface area contributed by atoms with Crippen LogP contribution in [-0.2, 0) is 14.3 Å². The lowest BCUT2D eigenvalue weighted by molar-refractivity contribution is -0.146. The largest absolute Gasteiger partial charge is 0.451 e. The van der Waals surface area contributed by atoms with Crippen LogP contribution < -0.4 is 5.56 Å². The predicted molar refractivity (Wildman–Crippen MR) is 114 cm³/mol. The van der Waals surface area contributed by atoms with Crippen molar-refractivity contribution in [2.75, 3.05) is 19.7 Å². The van der Waals surface area contributed by atoms with Crippen LogP contribution in [0.1, 0.15) is 24.3 Å². The van der Waals surface area contributed by atoms with Crippen LogP contribution in [0.3, 0.4) is 0 Å². The van der Waals surface area contributed by atoms with E-state index in [1.807, 2.05) is 19.9 Å². The summed E-state index contributed by atoms with van der Waals surface area (Å²) in [6.07, 6.45) is -0.160. The Morgan fingerprint density at radius 3 is 2.29 bits per heavy atom. The highest BCUT2D eigenvalue weighted by Crippen LogP contribution is 2.17. The second-order valence-electron chi connectivity index (χ2n) is 7.58. The number of hydrogen-bond donors (Lipinski definition) is 0. The third-order valence-electron chi connectivity index (χ3n) is 5.10. The molecule has 4 rings (SSSR count). The van der Waals surface area contributed by atoms with Crippen molar-refractivity contribution in [2.24, 2.45) is 0 Å². The van der Waals surface area contributed by atoms with Crippen molar-refractivity contribution < 1.29 is 19.1 Å². The summed E-state index contributed by atoms with van der Waals surface area (Å²) in [6.45, 7) is 4.27. The topological polar surface area (TPSA) is 90.7 Å². The molecule has 2 aromatic carbocycles. The number of para-hydroxylation sites is 1. The molecule has 1 aliphatic rings. The van der Waals surface area contributed by atoms with E-state index < -0.39 is 12.6 Å². The SMILES string of the molecule is CC1CN(C(=O)COC(=O)c2nn(-c3ccccc3)c(=O)c3ccccc23)CC(C)O1. The molecule has 1 aliphatic heterocycles. The van der Waals surface area contributed by atoms with Gasteiger partial charge < -0.3 is 14.4 Å². The zero-order valence-electron chi connectivity index (χ0n) is 17.4. The fourth-order valence-corrected chi connectivity index (χ4v) is 3.75. The number of carbonyl (C=O) groups is 2. The van der Waals surface area contributed by atoms with Crippen molar-refractivity contribution in [3.63, 3.8) is 0 Å². The Morgan fingerprint density at radius 1 is 1.00 bits per heavy atom. The summed E-state index contributed by atoms with van der Waals surface area (Å²) in [5.74, 6) is -1.06. The number of amides is 1. The van der Waals surface area contributed by atoms with E-state index in [2.05, 4.69) is 5.10 Å². The minimum Gasteiger partial charge on any atom is -0.451 e. The number of benzene rings is 2. The van der Waals surface area contributed by atoms with Crippen LogP contribution in [0.25, 0.3) is 16.5 Å². The maximum absolute atomic E-state index is 12.9. The van der Waals surface area contributed by atoms with Crippen LogP contribution in [0.15, 0.2) is 59.4 Å². The van der Waals surface area contributed by atoms with E-state index in [-0.39, 0.29) is 29.4 Å². The van der Waals surface area contributed by atoms with Crippen LogP contribution in [0, 0.1) is 0 Å². The van der Waals surface area contributed by atoms with Crippen molar-refractivity contribution in [1.29, 1.82) is 0 Å². The fourth-order valence-electron chi connectivity index (χ4n) is 3.75. The summed E-state index contributed by atoms with van der Waals surface area (Å²) in [6, 6.07) is 15.5. The average Bonchev–Trinajstić information content (AvgIpc) is 2.77. The lowest BCUT2D eigenvalue weighted by Gasteiger charge is -2.35. The number of rotatable bonds is 4. The van der Waals surface area contributed by atoms with Gasteiger partial charge >= 0.3 is 5.97 Å². The summed E-state index contributed by atoms with van der Waals surface area (Å²) in [5, 5.41) is 4.99. The van der Waals surface area contributed by atoms with Crippen molar-refractivity contribution >= 4 is 22.6 Å². The third kappa shape index (κ3) is 4.34. The maximum Gasteiger partial charge on any atom is 0.359 e. The predicted octanol–water partition coefficient (Wildman–Crippen LogP) is 2.18. The molecule has 3 aromatic rings. The number of fused-ring (bicyclic) bond motifs is 1. The molecule has 1 amide bonds. The molecule has 2 unspecified atom stereocenters. The first-order valence-electron chi connectivity index (χ1n) is 10.1. The molecule has 1 fully saturated rings. The average molecular weight is 421 g/mol. The molecule has 1 saturated heterocycles. The Balaban J connectivity index is 1.61. The van der Waals surface area contributed by atoms with Gasteiger partial charge in [-0.1, -0.05) is 36.4 Å². The Bertz CT molecular complexity index is 1160. The number of hydrogen-bond acceptors (Lipinski definition) is 6. The van der Waals surface area contributed by atoms with Gasteiger partial charge in [-0.2, -0.15) is 9.78 Å². The molecular formula is C23H23N3O5. The zero-order chi connectivity index (χ0) is 22.0. The van der Waals surface area contributed by atoms with Gasteiger partial charge in [0.1, 0.15) is 0 Å². The van der Waals surface area contributed by atoms with E-state index in [1.54, 1.807) is 53.4 Å². The number of nitrogens with zero attached hydrogens (tertiary/aromatic N) is 3. The van der Waals surface area contributed by atoms with Crippen molar-refractivity contribution in [3.8, 4) is 5.69 Å². The van der Waals surface area contributed by atoms with Gasteiger partial charge in [-0.15, -0.1) is 0 Å². The molecule has 0 spiro atoms. The standard InChI is InChI=1S/C23H23N3O5/c1-15-12-25(13-16(2)31-15)20(27)14-30-23(29)21-18-10-6-7-11-19(18)22(28)26(24-21)17-8-4-3-5-9-17/h3-11,15-16H,12-14H2,1-2H3. The molecule has 1 aromatic heterocycles. The van der Waals surface area contributed by atoms with Gasteiger partial charge in [0.05, 0.1) is 23.3 Å². The monoisotopic (exact) mass is 421 g/mol. The molecule has 0 bridgehead atoms. The van der Waals surface area contributed by atoms with Gasteiger partial charge in [-0.05, 0) is 32.0 Å². The Kier molecular flexibility index (Phi) is 5.81. The van der Waals surface area contributed by atoms with Crippen molar-refractivity contribution in [2.45, 2.75) is 26.1 Å². The van der Waals surface area contributed by atoms with Gasteiger partial charge in [0.15, 0.2) is 12.3 Å². The van der Waals surface area contributed by atoms with E-state index in [0.29, 0.717) is 29.5 Å². The fraction of sp³-hybridized carbons (Fsp3) is 0.304. The van der Waals surface area contributed by atoms with Crippen LogP contribution in [-0.4, -0.2) is 58.5 Å². The molecule has 0 radical (unpaired) electrons. The quantitative estimate of drug-likeness (QED) is 0.600. The lowest BCUT2D eigenvalue weighted by atomic mass is 10.1. The number of carbonyl (C=O) groups excluding carboxylic acids is 2. The molecule has 2 atom stereocenters. The Morgan fingerprint density at radius 2 is 1.61 bits per heavy atom. The number of morpholine rings is 1. The van der Waals surface area contributed by atoms with Crippen LogP contribution in [0.2, 0.25) is 0 Å². The van der Waals surface area contributed by atoms with Crippen LogP contribution >= 0.6 is 0 Å². The molecular weight excluding hydrogens is 398 g/mol. The van der Waals surface area contributed by atoms with Gasteiger partial charge in [0, 0.05) is 18.5 Å². The first-order chi connectivity index (χ1) is 14.9. The minimum absolute atomic E-state index is 0.0180. The molecule has 160 valence electrons. The Labute approximate surface area is 179 Å². The molecule has 0 aliphatic carbocycles. The number of ether oxygens (including phenoxy) is 2. The summed E-state index contributed by atoms with van der Waals surface area (Å²) >= 11 is 0. The minimum atomic E-state index is -0.761. The second-order valence-corrected chi connectivity index (χ2v) is 7.58. The van der Waals surface area contributed by atoms with Crippen LogP contribution in [0.4, 0.5) is 0 Å². The van der Waals surface area contributed by atoms with Crippen molar-refractivity contribution in [1.82, 2.24) is 14.7 Å². The molecule has 31 heavy (non-hydrogen) atoms. The molecule has 8 heteroatoms. The van der Waals surface area contributed by atoms with E-state index in [1.165, 1.54) is 4.68 Å². The van der Waals surface area contributed by atoms with Gasteiger partial charge in [-0.3, -0.25) is 9.59 Å². The number of aromatic nitrogens is 2. The normalized spacial score (nSPS) is 18.7. The van der Waals surface area contributed by atoms with E-state index in [0.717, 1.165) is 0 Å². The lowest BCUT2D eigenvalue weighted by Crippen LogP contribution is -2.49. The summed E-state index contributed by atoms with van der Waals surface area (Å²) in [5.41, 5.74) is 0.168. The molecule has 0 saturated carbocycles. The highest BCUT2D eigenvalue weighted by molar-refractivity contribution is 6.02. The highest BCUT2D eigenvalue weighted by Gasteiger charge is 2.27.